The Kier molecular flexibility index (Phi) is 4.42. The van der Waals surface area contributed by atoms with E-state index in [4.69, 9.17) is 4.42 Å². The average Bonchev–Trinajstić information content (AvgIpc) is 2.78. The van der Waals surface area contributed by atoms with Crippen LogP contribution in [0.5, 0.6) is 0 Å². The summed E-state index contributed by atoms with van der Waals surface area (Å²) in [5, 5.41) is 2.90. The summed E-state index contributed by atoms with van der Waals surface area (Å²) >= 11 is 0. The Labute approximate surface area is 108 Å². The quantitative estimate of drug-likeness (QED) is 0.889. The highest BCUT2D eigenvalue weighted by Crippen LogP contribution is 2.15. The van der Waals surface area contributed by atoms with Gasteiger partial charge in [0.1, 0.15) is 5.76 Å². The maximum atomic E-state index is 11.7. The van der Waals surface area contributed by atoms with Gasteiger partial charge in [-0.1, -0.05) is 6.92 Å². The van der Waals surface area contributed by atoms with Crippen molar-refractivity contribution in [1.29, 1.82) is 0 Å². The van der Waals surface area contributed by atoms with Crippen LogP contribution in [0.2, 0.25) is 0 Å². The normalized spacial score (nSPS) is 17.9. The maximum Gasteiger partial charge on any atom is 0.287 e. The number of hydrogen-bond acceptors (Lipinski definition) is 3. The van der Waals surface area contributed by atoms with Crippen LogP contribution in [0.25, 0.3) is 0 Å². The second-order valence-corrected chi connectivity index (χ2v) is 5.19. The molecule has 0 spiro atoms. The first-order valence-corrected chi connectivity index (χ1v) is 6.72. The molecule has 1 aromatic heterocycles. The van der Waals surface area contributed by atoms with Crippen molar-refractivity contribution in [3.63, 3.8) is 0 Å². The van der Waals surface area contributed by atoms with Gasteiger partial charge < -0.3 is 14.6 Å². The highest BCUT2D eigenvalue weighted by molar-refractivity contribution is 5.91. The standard InChI is InChI=1S/C14H22N2O2/c1-11-5-8-16(9-6-11)10-7-15-14(17)13-4-3-12(2)18-13/h3-4,11H,5-10H2,1-2H3,(H,15,17). The van der Waals surface area contributed by atoms with E-state index >= 15 is 0 Å². The lowest BCUT2D eigenvalue weighted by Gasteiger charge is -2.30. The lowest BCUT2D eigenvalue weighted by molar-refractivity contribution is 0.0915. The highest BCUT2D eigenvalue weighted by atomic mass is 16.3. The fourth-order valence-electron chi connectivity index (χ4n) is 2.26. The van der Waals surface area contributed by atoms with Gasteiger partial charge in [0.25, 0.3) is 5.91 Å². The smallest absolute Gasteiger partial charge is 0.287 e. The number of nitrogens with one attached hydrogen (secondary N) is 1. The second-order valence-electron chi connectivity index (χ2n) is 5.19. The van der Waals surface area contributed by atoms with Gasteiger partial charge in [-0.2, -0.15) is 0 Å². The van der Waals surface area contributed by atoms with Crippen molar-refractivity contribution in [2.24, 2.45) is 5.92 Å². The lowest BCUT2D eigenvalue weighted by atomic mass is 9.99. The number of likely N-dealkylation sites (tertiary alicyclic amines) is 1. The molecular weight excluding hydrogens is 228 g/mol. The first-order valence-electron chi connectivity index (χ1n) is 6.72. The number of rotatable bonds is 4. The maximum absolute atomic E-state index is 11.7. The Morgan fingerprint density at radius 2 is 2.17 bits per heavy atom. The predicted molar refractivity (Wildman–Crippen MR) is 70.6 cm³/mol. The molecule has 0 radical (unpaired) electrons. The van der Waals surface area contributed by atoms with Crippen LogP contribution in [0, 0.1) is 12.8 Å². The molecule has 1 aliphatic rings. The fourth-order valence-corrected chi connectivity index (χ4v) is 2.26. The van der Waals surface area contributed by atoms with E-state index < -0.39 is 0 Å². The molecule has 4 heteroatoms. The van der Waals surface area contributed by atoms with E-state index in [0.717, 1.165) is 31.3 Å². The summed E-state index contributed by atoms with van der Waals surface area (Å²) in [5.74, 6) is 1.90. The third-order valence-corrected chi connectivity index (χ3v) is 3.55. The van der Waals surface area contributed by atoms with Crippen molar-refractivity contribution in [3.8, 4) is 0 Å². The molecule has 100 valence electrons. The van der Waals surface area contributed by atoms with Crippen molar-refractivity contribution >= 4 is 5.91 Å². The molecule has 2 heterocycles. The number of carbonyl (C=O) groups is 1. The first-order chi connectivity index (χ1) is 8.65. The topological polar surface area (TPSA) is 45.5 Å². The molecule has 1 fully saturated rings. The van der Waals surface area contributed by atoms with Crippen molar-refractivity contribution in [3.05, 3.63) is 23.7 Å². The van der Waals surface area contributed by atoms with Gasteiger partial charge >= 0.3 is 0 Å². The van der Waals surface area contributed by atoms with Gasteiger partial charge in [-0.05, 0) is 50.9 Å². The van der Waals surface area contributed by atoms with Crippen LogP contribution in [-0.2, 0) is 0 Å². The largest absolute Gasteiger partial charge is 0.456 e. The highest BCUT2D eigenvalue weighted by Gasteiger charge is 2.15. The summed E-state index contributed by atoms with van der Waals surface area (Å²) in [4.78, 5) is 14.1. The summed E-state index contributed by atoms with van der Waals surface area (Å²) < 4.78 is 5.28. The van der Waals surface area contributed by atoms with Gasteiger partial charge in [0.2, 0.25) is 0 Å². The van der Waals surface area contributed by atoms with Crippen LogP contribution in [0.3, 0.4) is 0 Å². The lowest BCUT2D eigenvalue weighted by Crippen LogP contribution is -2.39. The molecule has 0 aromatic carbocycles. The third-order valence-electron chi connectivity index (χ3n) is 3.55. The summed E-state index contributed by atoms with van der Waals surface area (Å²) in [6.45, 7) is 8.06. The zero-order chi connectivity index (χ0) is 13.0. The SMILES string of the molecule is Cc1ccc(C(=O)NCCN2CCC(C)CC2)o1. The van der Waals surface area contributed by atoms with Gasteiger partial charge in [-0.3, -0.25) is 4.79 Å². The number of furan rings is 1. The second kappa shape index (κ2) is 6.05. The summed E-state index contributed by atoms with van der Waals surface area (Å²) in [7, 11) is 0. The molecule has 18 heavy (non-hydrogen) atoms. The molecular formula is C14H22N2O2. The van der Waals surface area contributed by atoms with Crippen LogP contribution in [0.15, 0.2) is 16.5 Å². The predicted octanol–water partition coefficient (Wildman–Crippen LogP) is 2.05. The summed E-state index contributed by atoms with van der Waals surface area (Å²) in [6.07, 6.45) is 2.54. The van der Waals surface area contributed by atoms with Crippen molar-refractivity contribution < 1.29 is 9.21 Å². The Balaban J connectivity index is 1.67. The van der Waals surface area contributed by atoms with Gasteiger partial charge in [-0.15, -0.1) is 0 Å². The van der Waals surface area contributed by atoms with Crippen LogP contribution in [-0.4, -0.2) is 37.0 Å². The number of aryl methyl sites for hydroxylation is 1. The zero-order valence-corrected chi connectivity index (χ0v) is 11.2. The van der Waals surface area contributed by atoms with Gasteiger partial charge in [0.05, 0.1) is 0 Å². The zero-order valence-electron chi connectivity index (χ0n) is 11.2. The third kappa shape index (κ3) is 3.60. The van der Waals surface area contributed by atoms with Gasteiger partial charge in [-0.25, -0.2) is 0 Å². The van der Waals surface area contributed by atoms with E-state index in [1.54, 1.807) is 12.1 Å². The molecule has 0 saturated carbocycles. The Hall–Kier alpha value is -1.29. The van der Waals surface area contributed by atoms with Crippen molar-refractivity contribution in [2.75, 3.05) is 26.2 Å². The van der Waals surface area contributed by atoms with Crippen LogP contribution >= 0.6 is 0 Å². The minimum Gasteiger partial charge on any atom is -0.456 e. The number of carbonyl (C=O) groups excluding carboxylic acids is 1. The molecule has 1 aromatic rings. The molecule has 1 amide bonds. The van der Waals surface area contributed by atoms with E-state index in [1.165, 1.54) is 12.8 Å². The molecule has 2 rings (SSSR count). The van der Waals surface area contributed by atoms with E-state index in [-0.39, 0.29) is 5.91 Å². The van der Waals surface area contributed by atoms with Crippen molar-refractivity contribution in [1.82, 2.24) is 10.2 Å². The van der Waals surface area contributed by atoms with Gasteiger partial charge in [0, 0.05) is 13.1 Å². The number of piperidine rings is 1. The van der Waals surface area contributed by atoms with E-state index in [1.807, 2.05) is 6.92 Å². The van der Waals surface area contributed by atoms with Crippen LogP contribution in [0.4, 0.5) is 0 Å². The first kappa shape index (κ1) is 13.1. The molecule has 4 nitrogen and oxygen atoms in total. The molecule has 1 aliphatic heterocycles. The average molecular weight is 250 g/mol. The van der Waals surface area contributed by atoms with E-state index in [0.29, 0.717) is 12.3 Å². The molecule has 0 atom stereocenters. The Morgan fingerprint density at radius 1 is 1.44 bits per heavy atom. The minimum atomic E-state index is -0.117. The number of nitrogens with zero attached hydrogens (tertiary/aromatic N) is 1. The van der Waals surface area contributed by atoms with Gasteiger partial charge in [0.15, 0.2) is 5.76 Å². The molecule has 0 unspecified atom stereocenters. The Morgan fingerprint density at radius 3 is 2.78 bits per heavy atom. The summed E-state index contributed by atoms with van der Waals surface area (Å²) in [5.41, 5.74) is 0. The summed E-state index contributed by atoms with van der Waals surface area (Å²) in [6, 6.07) is 3.52. The minimum absolute atomic E-state index is 0.117. The van der Waals surface area contributed by atoms with E-state index in [9.17, 15) is 4.79 Å². The molecule has 0 bridgehead atoms. The number of hydrogen-bond donors (Lipinski definition) is 1. The monoisotopic (exact) mass is 250 g/mol. The van der Waals surface area contributed by atoms with Crippen LogP contribution in [0.1, 0.15) is 36.1 Å². The molecule has 0 aliphatic carbocycles. The number of amides is 1. The Bertz CT molecular complexity index is 392. The molecule has 1 saturated heterocycles. The fraction of sp³-hybridized carbons (Fsp3) is 0.643. The van der Waals surface area contributed by atoms with Crippen molar-refractivity contribution in [2.45, 2.75) is 26.7 Å². The van der Waals surface area contributed by atoms with Crippen LogP contribution < -0.4 is 5.32 Å². The molecule has 1 N–H and O–H groups in total. The van der Waals surface area contributed by atoms with E-state index in [2.05, 4.69) is 17.1 Å².